The molecule has 0 radical (unpaired) electrons. The predicted molar refractivity (Wildman–Crippen MR) is 75.9 cm³/mol. The summed E-state index contributed by atoms with van der Waals surface area (Å²) in [5.74, 6) is -1.53. The number of phenols is 1. The monoisotopic (exact) mass is 312 g/mol. The highest BCUT2D eigenvalue weighted by Gasteiger charge is 2.15. The minimum absolute atomic E-state index is 0.0842. The van der Waals surface area contributed by atoms with E-state index < -0.39 is 11.7 Å². The summed E-state index contributed by atoms with van der Waals surface area (Å²) < 4.78 is 5.46. The maximum atomic E-state index is 11.0. The molecule has 2 aromatic rings. The standard InChI is InChI=1S/C14H10Cl2O4/c15-11-4-2-1-3-8(11)7-20-9-5-10(14(18)19)13(17)12(16)6-9/h1-6,17H,7H2,(H,18,19). The van der Waals surface area contributed by atoms with Gasteiger partial charge in [0.25, 0.3) is 0 Å². The molecule has 0 fully saturated rings. The number of halogens is 2. The summed E-state index contributed by atoms with van der Waals surface area (Å²) in [6.07, 6.45) is 0. The van der Waals surface area contributed by atoms with E-state index in [1.807, 2.05) is 6.07 Å². The Bertz CT molecular complexity index is 656. The van der Waals surface area contributed by atoms with Gasteiger partial charge in [0.15, 0.2) is 0 Å². The fourth-order valence-electron chi connectivity index (χ4n) is 1.60. The molecule has 0 unspecified atom stereocenters. The summed E-state index contributed by atoms with van der Waals surface area (Å²) in [4.78, 5) is 11.0. The zero-order chi connectivity index (χ0) is 14.7. The lowest BCUT2D eigenvalue weighted by atomic mass is 10.2. The first kappa shape index (κ1) is 14.5. The van der Waals surface area contributed by atoms with Crippen molar-refractivity contribution in [2.75, 3.05) is 0 Å². The van der Waals surface area contributed by atoms with E-state index in [0.29, 0.717) is 5.02 Å². The van der Waals surface area contributed by atoms with Crippen LogP contribution in [-0.2, 0) is 6.61 Å². The van der Waals surface area contributed by atoms with Crippen LogP contribution in [0.15, 0.2) is 36.4 Å². The molecule has 4 nitrogen and oxygen atoms in total. The highest BCUT2D eigenvalue weighted by molar-refractivity contribution is 6.32. The van der Waals surface area contributed by atoms with Crippen molar-refractivity contribution >= 4 is 29.2 Å². The van der Waals surface area contributed by atoms with E-state index in [1.165, 1.54) is 12.1 Å². The Morgan fingerprint density at radius 2 is 1.85 bits per heavy atom. The molecule has 0 aliphatic carbocycles. The van der Waals surface area contributed by atoms with Crippen LogP contribution in [0.1, 0.15) is 15.9 Å². The lowest BCUT2D eigenvalue weighted by Gasteiger charge is -2.10. The van der Waals surface area contributed by atoms with Crippen molar-refractivity contribution in [3.63, 3.8) is 0 Å². The number of carboxylic acids is 1. The van der Waals surface area contributed by atoms with E-state index in [1.54, 1.807) is 18.2 Å². The van der Waals surface area contributed by atoms with Crippen LogP contribution in [0, 0.1) is 0 Å². The Balaban J connectivity index is 2.22. The normalized spacial score (nSPS) is 10.3. The zero-order valence-electron chi connectivity index (χ0n) is 10.1. The Morgan fingerprint density at radius 3 is 2.50 bits per heavy atom. The minimum atomic E-state index is -1.28. The smallest absolute Gasteiger partial charge is 0.339 e. The van der Waals surface area contributed by atoms with Crippen LogP contribution in [0.2, 0.25) is 10.0 Å². The van der Waals surface area contributed by atoms with Gasteiger partial charge in [-0.25, -0.2) is 4.79 Å². The van der Waals surface area contributed by atoms with Gasteiger partial charge < -0.3 is 14.9 Å². The van der Waals surface area contributed by atoms with E-state index in [9.17, 15) is 9.90 Å². The summed E-state index contributed by atoms with van der Waals surface area (Å²) in [5, 5.41) is 18.9. The number of rotatable bonds is 4. The Kier molecular flexibility index (Phi) is 4.37. The van der Waals surface area contributed by atoms with Crippen molar-refractivity contribution in [2.45, 2.75) is 6.61 Å². The third-order valence-electron chi connectivity index (χ3n) is 2.62. The van der Waals surface area contributed by atoms with Crippen LogP contribution in [0.4, 0.5) is 0 Å². The van der Waals surface area contributed by atoms with Crippen molar-refractivity contribution in [3.8, 4) is 11.5 Å². The molecule has 0 heterocycles. The molecule has 0 saturated heterocycles. The minimum Gasteiger partial charge on any atom is -0.505 e. The molecule has 2 aromatic carbocycles. The molecular formula is C14H10Cl2O4. The van der Waals surface area contributed by atoms with Crippen molar-refractivity contribution < 1.29 is 19.7 Å². The quantitative estimate of drug-likeness (QED) is 0.896. The van der Waals surface area contributed by atoms with Crippen molar-refractivity contribution in [1.82, 2.24) is 0 Å². The van der Waals surface area contributed by atoms with Gasteiger partial charge in [0.2, 0.25) is 0 Å². The van der Waals surface area contributed by atoms with Gasteiger partial charge in [-0.3, -0.25) is 0 Å². The van der Waals surface area contributed by atoms with E-state index in [0.717, 1.165) is 5.56 Å². The lowest BCUT2D eigenvalue weighted by Crippen LogP contribution is -2.00. The molecule has 104 valence electrons. The average molecular weight is 313 g/mol. The predicted octanol–water partition coefficient (Wildman–Crippen LogP) is 3.98. The van der Waals surface area contributed by atoms with Crippen molar-refractivity contribution in [3.05, 3.63) is 57.6 Å². The fraction of sp³-hybridized carbons (Fsp3) is 0.0714. The maximum Gasteiger partial charge on any atom is 0.339 e. The highest BCUT2D eigenvalue weighted by atomic mass is 35.5. The van der Waals surface area contributed by atoms with E-state index in [4.69, 9.17) is 33.0 Å². The van der Waals surface area contributed by atoms with Crippen LogP contribution in [0.3, 0.4) is 0 Å². The number of benzene rings is 2. The van der Waals surface area contributed by atoms with Gasteiger partial charge in [-0.05, 0) is 12.1 Å². The average Bonchev–Trinajstić information content (AvgIpc) is 2.41. The molecule has 6 heteroatoms. The van der Waals surface area contributed by atoms with Gasteiger partial charge in [-0.2, -0.15) is 0 Å². The second-order valence-electron chi connectivity index (χ2n) is 3.99. The number of hydrogen-bond donors (Lipinski definition) is 2. The molecule has 2 rings (SSSR count). The molecular weight excluding hydrogens is 303 g/mol. The molecule has 0 atom stereocenters. The molecule has 0 amide bonds. The van der Waals surface area contributed by atoms with Crippen LogP contribution >= 0.6 is 23.2 Å². The number of carbonyl (C=O) groups is 1. The van der Waals surface area contributed by atoms with E-state index >= 15 is 0 Å². The summed E-state index contributed by atoms with van der Waals surface area (Å²) in [6.45, 7) is 0.167. The van der Waals surface area contributed by atoms with Gasteiger partial charge in [0.05, 0.1) is 5.02 Å². The fourth-order valence-corrected chi connectivity index (χ4v) is 2.00. The molecule has 0 saturated carbocycles. The molecule has 0 aliphatic rings. The third-order valence-corrected chi connectivity index (χ3v) is 3.28. The Morgan fingerprint density at radius 1 is 1.15 bits per heavy atom. The first-order chi connectivity index (χ1) is 9.49. The van der Waals surface area contributed by atoms with Gasteiger partial charge in [-0.1, -0.05) is 41.4 Å². The summed E-state index contributed by atoms with van der Waals surface area (Å²) in [5.41, 5.74) is 0.446. The zero-order valence-corrected chi connectivity index (χ0v) is 11.6. The first-order valence-electron chi connectivity index (χ1n) is 5.61. The SMILES string of the molecule is O=C(O)c1cc(OCc2ccccc2Cl)cc(Cl)c1O. The second kappa shape index (κ2) is 6.03. The van der Waals surface area contributed by atoms with Crippen LogP contribution in [-0.4, -0.2) is 16.2 Å². The summed E-state index contributed by atoms with van der Waals surface area (Å²) in [6, 6.07) is 9.69. The van der Waals surface area contributed by atoms with Gasteiger partial charge in [0, 0.05) is 16.7 Å². The largest absolute Gasteiger partial charge is 0.505 e. The van der Waals surface area contributed by atoms with Crippen LogP contribution < -0.4 is 4.74 Å². The highest BCUT2D eigenvalue weighted by Crippen LogP contribution is 2.32. The van der Waals surface area contributed by atoms with E-state index in [2.05, 4.69) is 0 Å². The number of hydrogen-bond acceptors (Lipinski definition) is 3. The maximum absolute atomic E-state index is 11.0. The molecule has 0 aliphatic heterocycles. The van der Waals surface area contributed by atoms with Gasteiger partial charge in [-0.15, -0.1) is 0 Å². The number of carboxylic acid groups (broad SMARTS) is 1. The number of ether oxygens (including phenoxy) is 1. The van der Waals surface area contributed by atoms with Gasteiger partial charge in [0.1, 0.15) is 23.7 Å². The van der Waals surface area contributed by atoms with Crippen LogP contribution in [0.5, 0.6) is 11.5 Å². The number of aromatic carboxylic acids is 1. The third kappa shape index (κ3) is 3.15. The van der Waals surface area contributed by atoms with Crippen molar-refractivity contribution in [2.24, 2.45) is 0 Å². The molecule has 0 bridgehead atoms. The molecule has 2 N–H and O–H groups in total. The Hall–Kier alpha value is -1.91. The summed E-state index contributed by atoms with van der Waals surface area (Å²) >= 11 is 11.7. The first-order valence-corrected chi connectivity index (χ1v) is 6.36. The molecule has 0 spiro atoms. The van der Waals surface area contributed by atoms with E-state index in [-0.39, 0.29) is 22.9 Å². The molecule has 20 heavy (non-hydrogen) atoms. The Labute approximate surface area is 125 Å². The van der Waals surface area contributed by atoms with Gasteiger partial charge >= 0.3 is 5.97 Å². The van der Waals surface area contributed by atoms with Crippen molar-refractivity contribution in [1.29, 1.82) is 0 Å². The summed E-state index contributed by atoms with van der Waals surface area (Å²) in [7, 11) is 0. The van der Waals surface area contributed by atoms with Crippen LogP contribution in [0.25, 0.3) is 0 Å². The molecule has 0 aromatic heterocycles. The lowest BCUT2D eigenvalue weighted by molar-refractivity contribution is 0.0693. The second-order valence-corrected chi connectivity index (χ2v) is 4.80. The topological polar surface area (TPSA) is 66.8 Å². The number of aromatic hydroxyl groups is 1.